The predicted octanol–water partition coefficient (Wildman–Crippen LogP) is 1.60. The molecule has 132 valence electrons. The Morgan fingerprint density at radius 2 is 2.12 bits per heavy atom. The van der Waals surface area contributed by atoms with E-state index < -0.39 is 6.10 Å². The Morgan fingerprint density at radius 1 is 1.36 bits per heavy atom. The zero-order valence-electron chi connectivity index (χ0n) is 14.5. The number of benzene rings is 1. The first-order chi connectivity index (χ1) is 12.1. The van der Waals surface area contributed by atoms with Crippen LogP contribution in [0.5, 0.6) is 0 Å². The van der Waals surface area contributed by atoms with Crippen molar-refractivity contribution in [3.05, 3.63) is 41.7 Å². The van der Waals surface area contributed by atoms with E-state index in [1.54, 1.807) is 24.8 Å². The average Bonchev–Trinajstić information content (AvgIpc) is 3.06. The van der Waals surface area contributed by atoms with Crippen molar-refractivity contribution >= 4 is 17.7 Å². The molecule has 1 amide bonds. The zero-order chi connectivity index (χ0) is 17.8. The average molecular weight is 341 g/mol. The first kappa shape index (κ1) is 17.3. The van der Waals surface area contributed by atoms with Gasteiger partial charge in [0.1, 0.15) is 5.70 Å². The van der Waals surface area contributed by atoms with Crippen LogP contribution in [0.3, 0.4) is 0 Å². The van der Waals surface area contributed by atoms with E-state index in [0.29, 0.717) is 24.6 Å². The van der Waals surface area contributed by atoms with Gasteiger partial charge in [-0.3, -0.25) is 4.79 Å². The molecule has 0 radical (unpaired) electrons. The number of piperidine rings is 1. The highest BCUT2D eigenvalue weighted by atomic mass is 16.3. The van der Waals surface area contributed by atoms with E-state index in [4.69, 9.17) is 0 Å². The number of aryl methyl sites for hydroxylation is 1. The van der Waals surface area contributed by atoms with Crippen molar-refractivity contribution in [2.75, 3.05) is 13.1 Å². The minimum atomic E-state index is -0.424. The first-order valence-corrected chi connectivity index (χ1v) is 8.55. The number of aromatic nitrogens is 4. The van der Waals surface area contributed by atoms with E-state index in [1.165, 1.54) is 4.68 Å². The number of carbonyl (C=O) groups is 1. The lowest BCUT2D eigenvalue weighted by molar-refractivity contribution is -0.128. The fraction of sp³-hybridized carbons (Fsp3) is 0.444. The summed E-state index contributed by atoms with van der Waals surface area (Å²) in [4.78, 5) is 15.0. The molecule has 1 fully saturated rings. The molecular weight excluding hydrogens is 318 g/mol. The molecule has 2 aromatic rings. The van der Waals surface area contributed by atoms with Crippen molar-refractivity contribution in [2.24, 2.45) is 5.92 Å². The van der Waals surface area contributed by atoms with Crippen molar-refractivity contribution in [3.8, 4) is 0 Å². The van der Waals surface area contributed by atoms with E-state index >= 15 is 0 Å². The molecule has 1 aromatic heterocycles. The number of tetrazole rings is 1. The molecule has 1 aliphatic heterocycles. The van der Waals surface area contributed by atoms with Crippen LogP contribution in [0.25, 0.3) is 11.8 Å². The summed E-state index contributed by atoms with van der Waals surface area (Å²) in [7, 11) is 0. The molecule has 7 nitrogen and oxygen atoms in total. The van der Waals surface area contributed by atoms with Crippen molar-refractivity contribution in [1.82, 2.24) is 25.1 Å². The van der Waals surface area contributed by atoms with Crippen LogP contribution in [0.15, 0.2) is 30.3 Å². The van der Waals surface area contributed by atoms with Crippen LogP contribution in [0.4, 0.5) is 0 Å². The van der Waals surface area contributed by atoms with Crippen LogP contribution in [0.2, 0.25) is 0 Å². The van der Waals surface area contributed by atoms with Crippen LogP contribution < -0.4 is 0 Å². The lowest BCUT2D eigenvalue weighted by atomic mass is 9.93. The Labute approximate surface area is 147 Å². The molecule has 1 aromatic carbocycles. The van der Waals surface area contributed by atoms with Crippen LogP contribution in [0.1, 0.15) is 31.2 Å². The Balaban J connectivity index is 1.93. The second-order valence-electron chi connectivity index (χ2n) is 6.47. The van der Waals surface area contributed by atoms with Gasteiger partial charge < -0.3 is 10.0 Å². The predicted molar refractivity (Wildman–Crippen MR) is 94.1 cm³/mol. The second kappa shape index (κ2) is 7.57. The van der Waals surface area contributed by atoms with Crippen LogP contribution in [-0.4, -0.2) is 55.3 Å². The molecule has 0 bridgehead atoms. The molecule has 1 aliphatic rings. The third kappa shape index (κ3) is 3.93. The number of hydrogen-bond donors (Lipinski definition) is 1. The van der Waals surface area contributed by atoms with Crippen LogP contribution in [-0.2, 0) is 4.79 Å². The monoisotopic (exact) mass is 341 g/mol. The van der Waals surface area contributed by atoms with E-state index in [0.717, 1.165) is 18.4 Å². The maximum absolute atomic E-state index is 13.2. The Kier molecular flexibility index (Phi) is 5.23. The minimum Gasteiger partial charge on any atom is -0.393 e. The molecule has 2 atom stereocenters. The number of amides is 1. The number of rotatable bonds is 4. The third-order valence-corrected chi connectivity index (χ3v) is 4.60. The van der Waals surface area contributed by atoms with Gasteiger partial charge in [-0.05, 0) is 48.8 Å². The Hall–Kier alpha value is -2.54. The first-order valence-electron chi connectivity index (χ1n) is 8.55. The SMILES string of the molecule is Cc1nnnn1/C(=C\c1ccccc1)C(=O)N1CCCC(C(C)O)C1. The normalized spacial score (nSPS) is 19.7. The molecule has 0 spiro atoms. The molecule has 25 heavy (non-hydrogen) atoms. The largest absolute Gasteiger partial charge is 0.393 e. The summed E-state index contributed by atoms with van der Waals surface area (Å²) in [5.74, 6) is 0.537. The summed E-state index contributed by atoms with van der Waals surface area (Å²) in [6.45, 7) is 4.77. The van der Waals surface area contributed by atoms with Gasteiger partial charge >= 0.3 is 0 Å². The van der Waals surface area contributed by atoms with Crippen molar-refractivity contribution in [2.45, 2.75) is 32.8 Å². The van der Waals surface area contributed by atoms with E-state index in [2.05, 4.69) is 15.5 Å². The molecule has 7 heteroatoms. The van der Waals surface area contributed by atoms with Gasteiger partial charge in [0, 0.05) is 19.0 Å². The maximum atomic E-state index is 13.2. The van der Waals surface area contributed by atoms with Gasteiger partial charge in [0.05, 0.1) is 6.10 Å². The molecule has 1 saturated heterocycles. The summed E-state index contributed by atoms with van der Waals surface area (Å²) in [6.07, 6.45) is 3.20. The smallest absolute Gasteiger partial charge is 0.272 e. The number of nitrogens with zero attached hydrogens (tertiary/aromatic N) is 5. The highest BCUT2D eigenvalue weighted by Gasteiger charge is 2.29. The quantitative estimate of drug-likeness (QED) is 0.854. The second-order valence-corrected chi connectivity index (χ2v) is 6.47. The molecule has 3 rings (SSSR count). The zero-order valence-corrected chi connectivity index (χ0v) is 14.5. The summed E-state index contributed by atoms with van der Waals surface area (Å²) in [6, 6.07) is 9.64. The number of likely N-dealkylation sites (tertiary alicyclic amines) is 1. The summed E-state index contributed by atoms with van der Waals surface area (Å²) in [5.41, 5.74) is 1.32. The highest BCUT2D eigenvalue weighted by Crippen LogP contribution is 2.23. The van der Waals surface area contributed by atoms with Gasteiger partial charge in [0.25, 0.3) is 5.91 Å². The Morgan fingerprint density at radius 3 is 2.76 bits per heavy atom. The summed E-state index contributed by atoms with van der Waals surface area (Å²) in [5, 5.41) is 21.4. The summed E-state index contributed by atoms with van der Waals surface area (Å²) >= 11 is 0. The van der Waals surface area contributed by atoms with Gasteiger partial charge in [-0.15, -0.1) is 5.10 Å². The van der Waals surface area contributed by atoms with Gasteiger partial charge in [0.2, 0.25) is 0 Å². The van der Waals surface area contributed by atoms with E-state index in [1.807, 2.05) is 30.3 Å². The molecule has 2 unspecified atom stereocenters. The minimum absolute atomic E-state index is 0.102. The van der Waals surface area contributed by atoms with Gasteiger partial charge in [0.15, 0.2) is 5.82 Å². The number of hydrogen-bond acceptors (Lipinski definition) is 5. The van der Waals surface area contributed by atoms with E-state index in [-0.39, 0.29) is 11.8 Å². The van der Waals surface area contributed by atoms with Crippen molar-refractivity contribution < 1.29 is 9.90 Å². The van der Waals surface area contributed by atoms with Crippen LogP contribution in [0, 0.1) is 12.8 Å². The summed E-state index contributed by atoms with van der Waals surface area (Å²) < 4.78 is 1.47. The van der Waals surface area contributed by atoms with Crippen molar-refractivity contribution in [1.29, 1.82) is 0 Å². The topological polar surface area (TPSA) is 84.1 Å². The van der Waals surface area contributed by atoms with Gasteiger partial charge in [-0.2, -0.15) is 4.68 Å². The number of aliphatic hydroxyl groups excluding tert-OH is 1. The van der Waals surface area contributed by atoms with Gasteiger partial charge in [-0.25, -0.2) is 0 Å². The molecule has 0 saturated carbocycles. The maximum Gasteiger partial charge on any atom is 0.272 e. The Bertz CT molecular complexity index is 754. The fourth-order valence-electron chi connectivity index (χ4n) is 3.13. The van der Waals surface area contributed by atoms with Gasteiger partial charge in [-0.1, -0.05) is 30.3 Å². The number of aliphatic hydroxyl groups is 1. The molecule has 1 N–H and O–H groups in total. The lowest BCUT2D eigenvalue weighted by Gasteiger charge is -2.34. The fourth-order valence-corrected chi connectivity index (χ4v) is 3.13. The molecule has 2 heterocycles. The van der Waals surface area contributed by atoms with Crippen LogP contribution >= 0.6 is 0 Å². The van der Waals surface area contributed by atoms with Crippen molar-refractivity contribution in [3.63, 3.8) is 0 Å². The third-order valence-electron chi connectivity index (χ3n) is 4.60. The van der Waals surface area contributed by atoms with E-state index in [9.17, 15) is 9.90 Å². The number of carbonyl (C=O) groups excluding carboxylic acids is 1. The standard InChI is InChI=1S/C18H23N5O2/c1-13(24)16-9-6-10-22(12-16)18(25)17(23-14(2)19-20-21-23)11-15-7-4-3-5-8-15/h3-5,7-8,11,13,16,24H,6,9-10,12H2,1-2H3/b17-11-. The lowest BCUT2D eigenvalue weighted by Crippen LogP contribution is -2.44. The molecule has 0 aliphatic carbocycles. The highest BCUT2D eigenvalue weighted by molar-refractivity contribution is 6.18. The molecular formula is C18H23N5O2.